The number of hydrogen-bond acceptors (Lipinski definition) is 3. The summed E-state index contributed by atoms with van der Waals surface area (Å²) in [5.74, 6) is 0.243. The number of rotatable bonds is 5. The van der Waals surface area contributed by atoms with Gasteiger partial charge in [0.2, 0.25) is 5.91 Å². The summed E-state index contributed by atoms with van der Waals surface area (Å²) in [6, 6.07) is 6.77. The van der Waals surface area contributed by atoms with Crippen LogP contribution in [-0.2, 0) is 4.79 Å². The van der Waals surface area contributed by atoms with E-state index < -0.39 is 12.0 Å². The molecule has 1 aromatic rings. The predicted octanol–water partition coefficient (Wildman–Crippen LogP) is 2.30. The van der Waals surface area contributed by atoms with Crippen molar-refractivity contribution < 1.29 is 14.6 Å². The van der Waals surface area contributed by atoms with E-state index in [4.69, 9.17) is 4.74 Å². The molecule has 0 bridgehead atoms. The molecule has 0 aliphatic carbocycles. The molecular formula is C17H19NO3. The van der Waals surface area contributed by atoms with Crippen molar-refractivity contribution in [1.29, 1.82) is 0 Å². The van der Waals surface area contributed by atoms with Gasteiger partial charge in [0.05, 0.1) is 19.1 Å². The van der Waals surface area contributed by atoms with E-state index >= 15 is 0 Å². The van der Waals surface area contributed by atoms with Crippen LogP contribution >= 0.6 is 0 Å². The fourth-order valence-electron chi connectivity index (χ4n) is 2.51. The monoisotopic (exact) mass is 285 g/mol. The number of anilines is 1. The normalized spacial score (nSPS) is 22.0. The Morgan fingerprint density at radius 3 is 2.57 bits per heavy atom. The summed E-state index contributed by atoms with van der Waals surface area (Å²) in [4.78, 5) is 13.8. The van der Waals surface area contributed by atoms with Gasteiger partial charge in [-0.25, -0.2) is 0 Å². The first-order chi connectivity index (χ1) is 10.0. The zero-order valence-corrected chi connectivity index (χ0v) is 12.2. The molecule has 0 aromatic heterocycles. The van der Waals surface area contributed by atoms with E-state index in [-0.39, 0.29) is 11.9 Å². The highest BCUT2D eigenvalue weighted by molar-refractivity contribution is 6.04. The van der Waals surface area contributed by atoms with Crippen LogP contribution in [0.25, 0.3) is 0 Å². The Morgan fingerprint density at radius 1 is 1.48 bits per heavy atom. The number of amides is 1. The number of carbonyl (C=O) groups excluding carboxylic acids is 1. The summed E-state index contributed by atoms with van der Waals surface area (Å²) in [5, 5.41) is 10.4. The van der Waals surface area contributed by atoms with Crippen LogP contribution in [-0.4, -0.2) is 30.3 Å². The Labute approximate surface area is 124 Å². The minimum atomic E-state index is -0.815. The maximum atomic E-state index is 12.2. The summed E-state index contributed by atoms with van der Waals surface area (Å²) in [6.45, 7) is 8.97. The summed E-state index contributed by atoms with van der Waals surface area (Å²) < 4.78 is 5.11. The van der Waals surface area contributed by atoms with Gasteiger partial charge in [0.25, 0.3) is 0 Å². The van der Waals surface area contributed by atoms with Gasteiger partial charge in [-0.15, -0.1) is 12.3 Å². The topological polar surface area (TPSA) is 49.8 Å². The molecule has 0 unspecified atom stereocenters. The highest BCUT2D eigenvalue weighted by atomic mass is 16.5. The zero-order valence-electron chi connectivity index (χ0n) is 12.2. The summed E-state index contributed by atoms with van der Waals surface area (Å²) in [5.41, 5.74) is 4.02. The van der Waals surface area contributed by atoms with Crippen LogP contribution in [0.4, 0.5) is 5.69 Å². The van der Waals surface area contributed by atoms with Crippen LogP contribution in [0.1, 0.15) is 6.92 Å². The molecule has 110 valence electrons. The maximum Gasteiger partial charge on any atom is 0.236 e. The van der Waals surface area contributed by atoms with E-state index in [0.717, 1.165) is 5.69 Å². The zero-order chi connectivity index (χ0) is 15.6. The van der Waals surface area contributed by atoms with Crippen molar-refractivity contribution in [3.05, 3.63) is 54.8 Å². The molecule has 1 aliphatic rings. The largest absolute Gasteiger partial charge is 0.497 e. The second-order valence-corrected chi connectivity index (χ2v) is 4.96. The maximum absolute atomic E-state index is 12.2. The standard InChI is InChI=1S/C17H19NO3/c1-5-11(3)16(19)15-14(6-2)17(20)18(15)12-7-9-13(21-4)10-8-12/h6-10,14-16,19H,1-2H2,3-4H3/t14-,15-,16-/m1/s1. The van der Waals surface area contributed by atoms with Crippen molar-refractivity contribution in [3.8, 4) is 5.75 Å². The first-order valence-corrected chi connectivity index (χ1v) is 6.69. The quantitative estimate of drug-likeness (QED) is 0.513. The molecule has 0 radical (unpaired) electrons. The van der Waals surface area contributed by atoms with Gasteiger partial charge in [0.1, 0.15) is 11.9 Å². The van der Waals surface area contributed by atoms with Crippen LogP contribution in [0, 0.1) is 5.92 Å². The molecule has 1 fully saturated rings. The SMILES string of the molecule is C=C=C(C)[C@@H](O)[C@H]1[C@@H](C=C)C(=O)N1c1ccc(OC)cc1. The molecule has 0 saturated carbocycles. The van der Waals surface area contributed by atoms with E-state index in [0.29, 0.717) is 11.3 Å². The molecule has 4 nitrogen and oxygen atoms in total. The number of carbonyl (C=O) groups is 1. The highest BCUT2D eigenvalue weighted by Gasteiger charge is 2.50. The van der Waals surface area contributed by atoms with Crippen LogP contribution in [0.2, 0.25) is 0 Å². The third-order valence-corrected chi connectivity index (χ3v) is 3.84. The number of benzene rings is 1. The molecule has 21 heavy (non-hydrogen) atoms. The van der Waals surface area contributed by atoms with Crippen LogP contribution in [0.5, 0.6) is 5.75 Å². The van der Waals surface area contributed by atoms with Gasteiger partial charge >= 0.3 is 0 Å². The average Bonchev–Trinajstić information content (AvgIpc) is 2.52. The Kier molecular flexibility index (Phi) is 4.32. The van der Waals surface area contributed by atoms with E-state index in [9.17, 15) is 9.90 Å². The summed E-state index contributed by atoms with van der Waals surface area (Å²) >= 11 is 0. The van der Waals surface area contributed by atoms with Gasteiger partial charge < -0.3 is 14.7 Å². The number of ether oxygens (including phenoxy) is 1. The molecule has 4 heteroatoms. The van der Waals surface area contributed by atoms with Crippen molar-refractivity contribution >= 4 is 11.6 Å². The van der Waals surface area contributed by atoms with Crippen molar-refractivity contribution in [1.82, 2.24) is 0 Å². The van der Waals surface area contributed by atoms with Crippen LogP contribution in [0.3, 0.4) is 0 Å². The third kappa shape index (κ3) is 2.51. The van der Waals surface area contributed by atoms with E-state index in [1.807, 2.05) is 0 Å². The van der Waals surface area contributed by atoms with Gasteiger partial charge in [-0.1, -0.05) is 12.7 Å². The fraction of sp³-hybridized carbons (Fsp3) is 0.294. The molecule has 1 saturated heterocycles. The summed E-state index contributed by atoms with van der Waals surface area (Å²) in [6.07, 6.45) is 0.761. The lowest BCUT2D eigenvalue weighted by atomic mass is 9.81. The van der Waals surface area contributed by atoms with Gasteiger partial charge in [0, 0.05) is 5.69 Å². The number of β-lactam (4-membered cyclic amide) rings is 1. The minimum absolute atomic E-state index is 0.0731. The van der Waals surface area contributed by atoms with Gasteiger partial charge in [0.15, 0.2) is 0 Å². The van der Waals surface area contributed by atoms with E-state index in [2.05, 4.69) is 18.9 Å². The summed E-state index contributed by atoms with van der Waals surface area (Å²) in [7, 11) is 1.59. The number of nitrogens with zero attached hydrogens (tertiary/aromatic N) is 1. The molecule has 1 N–H and O–H groups in total. The predicted molar refractivity (Wildman–Crippen MR) is 82.3 cm³/mol. The lowest BCUT2D eigenvalue weighted by Crippen LogP contribution is -2.65. The number of hydrogen-bond donors (Lipinski definition) is 1. The molecule has 1 aromatic carbocycles. The number of methoxy groups -OCH3 is 1. The van der Waals surface area contributed by atoms with E-state index in [1.54, 1.807) is 49.3 Å². The van der Waals surface area contributed by atoms with Gasteiger partial charge in [-0.2, -0.15) is 0 Å². The Hall–Kier alpha value is -2.29. The second-order valence-electron chi connectivity index (χ2n) is 4.96. The van der Waals surface area contributed by atoms with Gasteiger partial charge in [-0.05, 0) is 36.8 Å². The molecular weight excluding hydrogens is 266 g/mol. The van der Waals surface area contributed by atoms with E-state index in [1.165, 1.54) is 0 Å². The number of aliphatic hydroxyl groups excluding tert-OH is 1. The third-order valence-electron chi connectivity index (χ3n) is 3.84. The molecule has 1 amide bonds. The fourth-order valence-corrected chi connectivity index (χ4v) is 2.51. The highest BCUT2D eigenvalue weighted by Crippen LogP contribution is 2.37. The Bertz CT molecular complexity index is 599. The molecule has 1 aliphatic heterocycles. The Balaban J connectivity index is 2.33. The lowest BCUT2D eigenvalue weighted by molar-refractivity contribution is -0.130. The molecule has 3 atom stereocenters. The van der Waals surface area contributed by atoms with Crippen LogP contribution in [0.15, 0.2) is 54.8 Å². The lowest BCUT2D eigenvalue weighted by Gasteiger charge is -2.48. The van der Waals surface area contributed by atoms with Crippen molar-refractivity contribution in [2.45, 2.75) is 19.1 Å². The first-order valence-electron chi connectivity index (χ1n) is 6.69. The van der Waals surface area contributed by atoms with Crippen LogP contribution < -0.4 is 9.64 Å². The van der Waals surface area contributed by atoms with Crippen molar-refractivity contribution in [2.24, 2.45) is 5.92 Å². The average molecular weight is 285 g/mol. The smallest absolute Gasteiger partial charge is 0.236 e. The second kappa shape index (κ2) is 6.00. The minimum Gasteiger partial charge on any atom is -0.497 e. The first kappa shape index (κ1) is 15.1. The van der Waals surface area contributed by atoms with Crippen molar-refractivity contribution in [3.63, 3.8) is 0 Å². The molecule has 0 spiro atoms. The Morgan fingerprint density at radius 2 is 2.10 bits per heavy atom. The van der Waals surface area contributed by atoms with Gasteiger partial charge in [-0.3, -0.25) is 4.79 Å². The molecule has 2 rings (SSSR count). The number of aliphatic hydroxyl groups is 1. The van der Waals surface area contributed by atoms with Crippen molar-refractivity contribution in [2.75, 3.05) is 12.0 Å². The molecule has 1 heterocycles.